The van der Waals surface area contributed by atoms with Gasteiger partial charge in [-0.2, -0.15) is 5.26 Å². The van der Waals surface area contributed by atoms with E-state index in [9.17, 15) is 0 Å². The molecule has 2 aromatic rings. The van der Waals surface area contributed by atoms with Crippen molar-refractivity contribution in [2.75, 3.05) is 0 Å². The first-order valence-corrected chi connectivity index (χ1v) is 6.44. The second-order valence-corrected chi connectivity index (χ2v) is 4.93. The van der Waals surface area contributed by atoms with E-state index in [4.69, 9.17) is 33.2 Å². The topological polar surface area (TPSA) is 33.0 Å². The van der Waals surface area contributed by atoms with Crippen LogP contribution in [0.5, 0.6) is 5.75 Å². The van der Waals surface area contributed by atoms with Gasteiger partial charge in [0.1, 0.15) is 12.7 Å². The van der Waals surface area contributed by atoms with Crippen molar-refractivity contribution in [3.63, 3.8) is 0 Å². The number of hydrogen-bond acceptors (Lipinski definition) is 2. The van der Waals surface area contributed by atoms with Crippen LogP contribution in [-0.2, 0) is 6.61 Å². The summed E-state index contributed by atoms with van der Waals surface area (Å²) in [6.45, 7) is 2.37. The Morgan fingerprint density at radius 2 is 1.95 bits per heavy atom. The fraction of sp³-hybridized carbons (Fsp3) is 0.133. The monoisotopic (exact) mass is 291 g/mol. The number of ether oxygens (including phenoxy) is 1. The summed E-state index contributed by atoms with van der Waals surface area (Å²) < 4.78 is 5.67. The van der Waals surface area contributed by atoms with Gasteiger partial charge in [-0.3, -0.25) is 0 Å². The Morgan fingerprint density at radius 3 is 2.63 bits per heavy atom. The molecule has 0 aliphatic carbocycles. The van der Waals surface area contributed by atoms with Gasteiger partial charge in [-0.25, -0.2) is 0 Å². The third kappa shape index (κ3) is 3.20. The molecule has 0 aliphatic heterocycles. The average Bonchev–Trinajstić information content (AvgIpc) is 2.38. The van der Waals surface area contributed by atoms with Crippen LogP contribution in [0.15, 0.2) is 36.4 Å². The van der Waals surface area contributed by atoms with Gasteiger partial charge in [0.15, 0.2) is 5.75 Å². The molecule has 2 aromatic carbocycles. The van der Waals surface area contributed by atoms with Crippen molar-refractivity contribution in [3.8, 4) is 11.8 Å². The molecule has 0 amide bonds. The smallest absolute Gasteiger partial charge is 0.156 e. The predicted octanol–water partition coefficient (Wildman–Crippen LogP) is 4.75. The molecule has 0 unspecified atom stereocenters. The second-order valence-electron chi connectivity index (χ2n) is 4.09. The molecule has 0 aromatic heterocycles. The highest BCUT2D eigenvalue weighted by molar-refractivity contribution is 6.35. The quantitative estimate of drug-likeness (QED) is 0.817. The van der Waals surface area contributed by atoms with Crippen LogP contribution in [0.1, 0.15) is 16.7 Å². The lowest BCUT2D eigenvalue weighted by molar-refractivity contribution is 0.305. The lowest BCUT2D eigenvalue weighted by atomic mass is 10.1. The summed E-state index contributed by atoms with van der Waals surface area (Å²) in [6, 6.07) is 13.0. The summed E-state index contributed by atoms with van der Waals surface area (Å²) in [6.07, 6.45) is 0. The van der Waals surface area contributed by atoms with Crippen molar-refractivity contribution >= 4 is 23.2 Å². The molecule has 0 aliphatic rings. The van der Waals surface area contributed by atoms with Crippen LogP contribution in [0.4, 0.5) is 0 Å². The minimum absolute atomic E-state index is 0.339. The number of aryl methyl sites for hydroxylation is 1. The van der Waals surface area contributed by atoms with Gasteiger partial charge in [0, 0.05) is 5.02 Å². The minimum atomic E-state index is 0.339. The molecule has 0 bridgehead atoms. The number of benzene rings is 2. The number of rotatable bonds is 3. The molecular formula is C15H11Cl2NO. The molecule has 2 nitrogen and oxygen atoms in total. The maximum Gasteiger partial charge on any atom is 0.156 e. The normalized spacial score (nSPS) is 10.0. The van der Waals surface area contributed by atoms with E-state index < -0.39 is 0 Å². The summed E-state index contributed by atoms with van der Waals surface area (Å²) in [7, 11) is 0. The largest absolute Gasteiger partial charge is 0.486 e. The Bertz CT molecular complexity index is 647. The Kier molecular flexibility index (Phi) is 4.31. The van der Waals surface area contributed by atoms with Crippen molar-refractivity contribution in [3.05, 3.63) is 63.1 Å². The van der Waals surface area contributed by atoms with Gasteiger partial charge >= 0.3 is 0 Å². The van der Waals surface area contributed by atoms with Gasteiger partial charge in [0.25, 0.3) is 0 Å². The molecule has 0 radical (unpaired) electrons. The van der Waals surface area contributed by atoms with Gasteiger partial charge in [0.2, 0.25) is 0 Å². The van der Waals surface area contributed by atoms with Crippen molar-refractivity contribution < 1.29 is 4.74 Å². The number of nitriles is 1. The fourth-order valence-electron chi connectivity index (χ4n) is 1.71. The summed E-state index contributed by atoms with van der Waals surface area (Å²) in [4.78, 5) is 0. The molecule has 0 heterocycles. The van der Waals surface area contributed by atoms with E-state index in [0.29, 0.717) is 28.0 Å². The first-order chi connectivity index (χ1) is 9.11. The lowest BCUT2D eigenvalue weighted by Crippen LogP contribution is -2.00. The second kappa shape index (κ2) is 5.97. The lowest BCUT2D eigenvalue weighted by Gasteiger charge is -2.11. The summed E-state index contributed by atoms with van der Waals surface area (Å²) in [5.41, 5.74) is 2.52. The summed E-state index contributed by atoms with van der Waals surface area (Å²) >= 11 is 11.9. The highest BCUT2D eigenvalue weighted by atomic mass is 35.5. The van der Waals surface area contributed by atoms with Crippen LogP contribution in [0.3, 0.4) is 0 Å². The van der Waals surface area contributed by atoms with Crippen LogP contribution in [-0.4, -0.2) is 0 Å². The SMILES string of the molecule is Cc1ccccc1COc1c(Cl)cc(Cl)cc1C#N. The Hall–Kier alpha value is -1.69. The van der Waals surface area contributed by atoms with Crippen LogP contribution < -0.4 is 4.74 Å². The predicted molar refractivity (Wildman–Crippen MR) is 76.7 cm³/mol. The Balaban J connectivity index is 2.26. The molecular weight excluding hydrogens is 281 g/mol. The number of halogens is 2. The highest BCUT2D eigenvalue weighted by Crippen LogP contribution is 2.32. The summed E-state index contributed by atoms with van der Waals surface area (Å²) in [5.74, 6) is 0.372. The van der Waals surface area contributed by atoms with Gasteiger partial charge < -0.3 is 4.74 Å². The zero-order chi connectivity index (χ0) is 13.8. The van der Waals surface area contributed by atoms with Crippen molar-refractivity contribution in [1.29, 1.82) is 5.26 Å². The first kappa shape index (κ1) is 13.7. The van der Waals surface area contributed by atoms with Crippen LogP contribution in [0, 0.1) is 18.3 Å². The third-order valence-electron chi connectivity index (χ3n) is 2.76. The van der Waals surface area contributed by atoms with E-state index >= 15 is 0 Å². The Morgan fingerprint density at radius 1 is 1.21 bits per heavy atom. The van der Waals surface area contributed by atoms with Crippen LogP contribution in [0.25, 0.3) is 0 Å². The third-order valence-corrected chi connectivity index (χ3v) is 3.26. The van der Waals surface area contributed by atoms with E-state index in [1.165, 1.54) is 0 Å². The van der Waals surface area contributed by atoms with E-state index in [-0.39, 0.29) is 0 Å². The van der Waals surface area contributed by atoms with E-state index in [1.807, 2.05) is 37.3 Å². The maximum absolute atomic E-state index is 9.07. The molecule has 0 N–H and O–H groups in total. The number of hydrogen-bond donors (Lipinski definition) is 0. The standard InChI is InChI=1S/C15H11Cl2NO/c1-10-4-2-3-5-11(10)9-19-15-12(8-18)6-13(16)7-14(15)17/h2-7H,9H2,1H3. The molecule has 4 heteroatoms. The van der Waals surface area contributed by atoms with Crippen molar-refractivity contribution in [1.82, 2.24) is 0 Å². The molecule has 2 rings (SSSR count). The zero-order valence-corrected chi connectivity index (χ0v) is 11.8. The Labute approximate surface area is 122 Å². The number of nitrogens with zero attached hydrogens (tertiary/aromatic N) is 1. The van der Waals surface area contributed by atoms with Gasteiger partial charge in [-0.15, -0.1) is 0 Å². The molecule has 19 heavy (non-hydrogen) atoms. The van der Waals surface area contributed by atoms with Crippen LogP contribution >= 0.6 is 23.2 Å². The highest BCUT2D eigenvalue weighted by Gasteiger charge is 2.11. The molecule has 0 atom stereocenters. The van der Waals surface area contributed by atoms with E-state index in [2.05, 4.69) is 0 Å². The first-order valence-electron chi connectivity index (χ1n) is 5.68. The molecule has 0 saturated carbocycles. The molecule has 96 valence electrons. The molecule has 0 fully saturated rings. The van der Waals surface area contributed by atoms with E-state index in [1.54, 1.807) is 12.1 Å². The van der Waals surface area contributed by atoms with Crippen molar-refractivity contribution in [2.24, 2.45) is 0 Å². The maximum atomic E-state index is 9.07. The van der Waals surface area contributed by atoms with Crippen molar-refractivity contribution in [2.45, 2.75) is 13.5 Å². The molecule has 0 saturated heterocycles. The van der Waals surface area contributed by atoms with Crippen LogP contribution in [0.2, 0.25) is 10.0 Å². The average molecular weight is 292 g/mol. The zero-order valence-electron chi connectivity index (χ0n) is 10.3. The summed E-state index contributed by atoms with van der Waals surface area (Å²) in [5, 5.41) is 9.84. The molecule has 0 spiro atoms. The van der Waals surface area contributed by atoms with Gasteiger partial charge in [-0.05, 0) is 30.2 Å². The van der Waals surface area contributed by atoms with E-state index in [0.717, 1.165) is 11.1 Å². The van der Waals surface area contributed by atoms with Gasteiger partial charge in [0.05, 0.1) is 10.6 Å². The fourth-order valence-corrected chi connectivity index (χ4v) is 2.26. The van der Waals surface area contributed by atoms with Gasteiger partial charge in [-0.1, -0.05) is 47.5 Å². The minimum Gasteiger partial charge on any atom is -0.486 e.